The van der Waals surface area contributed by atoms with E-state index >= 15 is 0 Å². The minimum Gasteiger partial charge on any atom is -0.370 e. The lowest BCUT2D eigenvalue weighted by Crippen LogP contribution is -2.34. The Morgan fingerprint density at radius 1 is 1.13 bits per heavy atom. The highest BCUT2D eigenvalue weighted by molar-refractivity contribution is 5.44. The summed E-state index contributed by atoms with van der Waals surface area (Å²) in [6, 6.07) is 12.6. The molecular formula is C19H26N4. The number of hydrogen-bond acceptors (Lipinski definition) is 4. The van der Waals surface area contributed by atoms with E-state index in [1.165, 1.54) is 18.4 Å². The van der Waals surface area contributed by atoms with Crippen LogP contribution in [0.25, 0.3) is 0 Å². The molecule has 0 aliphatic carbocycles. The van der Waals surface area contributed by atoms with Gasteiger partial charge in [0.05, 0.1) is 0 Å². The summed E-state index contributed by atoms with van der Waals surface area (Å²) in [5.41, 5.74) is 2.37. The van der Waals surface area contributed by atoms with Crippen LogP contribution in [0.2, 0.25) is 0 Å². The van der Waals surface area contributed by atoms with Crippen molar-refractivity contribution in [3.63, 3.8) is 0 Å². The molecule has 1 aromatic heterocycles. The van der Waals surface area contributed by atoms with Crippen molar-refractivity contribution in [1.29, 1.82) is 0 Å². The molecule has 1 N–H and O–H groups in total. The number of nitrogens with zero attached hydrogens (tertiary/aromatic N) is 3. The van der Waals surface area contributed by atoms with Gasteiger partial charge in [0.2, 0.25) is 5.95 Å². The minimum atomic E-state index is 0.819. The van der Waals surface area contributed by atoms with Gasteiger partial charge in [-0.25, -0.2) is 4.98 Å². The number of anilines is 2. The largest absolute Gasteiger partial charge is 0.370 e. The van der Waals surface area contributed by atoms with Crippen LogP contribution in [0.15, 0.2) is 36.4 Å². The number of nitrogens with one attached hydrogen (secondary N) is 1. The number of hydrogen-bond donors (Lipinski definition) is 1. The predicted octanol–water partition coefficient (Wildman–Crippen LogP) is 3.68. The van der Waals surface area contributed by atoms with Crippen LogP contribution < -0.4 is 10.2 Å². The van der Waals surface area contributed by atoms with E-state index < -0.39 is 0 Å². The smallest absolute Gasteiger partial charge is 0.227 e. The van der Waals surface area contributed by atoms with E-state index in [2.05, 4.69) is 52.5 Å². The standard InChI is InChI=1S/C19H26N4/c1-15-9-12-23(13-10-15)19-21-16(2)14-18(22-19)20-11-8-17-6-4-3-5-7-17/h3-7,14-15H,8-13H2,1-2H3,(H,20,21,22). The van der Waals surface area contributed by atoms with Crippen LogP contribution in [0.3, 0.4) is 0 Å². The van der Waals surface area contributed by atoms with Crippen LogP contribution in [-0.4, -0.2) is 29.6 Å². The Bertz CT molecular complexity index is 619. The van der Waals surface area contributed by atoms with Crippen LogP contribution in [0, 0.1) is 12.8 Å². The van der Waals surface area contributed by atoms with Gasteiger partial charge in [-0.3, -0.25) is 0 Å². The molecule has 1 saturated heterocycles. The fraction of sp³-hybridized carbons (Fsp3) is 0.474. The Morgan fingerprint density at radius 3 is 2.61 bits per heavy atom. The van der Waals surface area contributed by atoms with Crippen LogP contribution in [0.1, 0.15) is 31.0 Å². The third kappa shape index (κ3) is 4.44. The second kappa shape index (κ2) is 7.44. The lowest BCUT2D eigenvalue weighted by Gasteiger charge is -2.30. The number of benzene rings is 1. The summed E-state index contributed by atoms with van der Waals surface area (Å²) in [7, 11) is 0. The maximum absolute atomic E-state index is 4.72. The fourth-order valence-electron chi connectivity index (χ4n) is 2.97. The molecule has 23 heavy (non-hydrogen) atoms. The minimum absolute atomic E-state index is 0.819. The normalized spacial score (nSPS) is 15.7. The molecule has 3 rings (SSSR count). The van der Waals surface area contributed by atoms with E-state index in [0.717, 1.165) is 49.4 Å². The summed E-state index contributed by atoms with van der Waals surface area (Å²) in [6.07, 6.45) is 3.46. The van der Waals surface area contributed by atoms with E-state index in [9.17, 15) is 0 Å². The molecular weight excluding hydrogens is 284 g/mol. The van der Waals surface area contributed by atoms with Crippen molar-refractivity contribution in [2.24, 2.45) is 5.92 Å². The highest BCUT2D eigenvalue weighted by Gasteiger charge is 2.18. The summed E-state index contributed by atoms with van der Waals surface area (Å²) < 4.78 is 0. The van der Waals surface area contributed by atoms with Gasteiger partial charge >= 0.3 is 0 Å². The predicted molar refractivity (Wildman–Crippen MR) is 96.0 cm³/mol. The van der Waals surface area contributed by atoms with E-state index in [0.29, 0.717) is 0 Å². The Hall–Kier alpha value is -2.10. The zero-order chi connectivity index (χ0) is 16.1. The second-order valence-electron chi connectivity index (χ2n) is 6.53. The first-order chi connectivity index (χ1) is 11.2. The van der Waals surface area contributed by atoms with Crippen molar-refractivity contribution in [2.45, 2.75) is 33.1 Å². The summed E-state index contributed by atoms with van der Waals surface area (Å²) in [5.74, 6) is 2.63. The molecule has 1 aliphatic rings. The molecule has 4 nitrogen and oxygen atoms in total. The third-order valence-electron chi connectivity index (χ3n) is 4.47. The Labute approximate surface area is 139 Å². The number of piperidine rings is 1. The maximum atomic E-state index is 4.72. The molecule has 1 aromatic carbocycles. The molecule has 0 bridgehead atoms. The van der Waals surface area contributed by atoms with Gasteiger partial charge in [0.15, 0.2) is 0 Å². The molecule has 0 saturated carbocycles. The van der Waals surface area contributed by atoms with E-state index in [1.807, 2.05) is 13.0 Å². The van der Waals surface area contributed by atoms with Gasteiger partial charge in [0, 0.05) is 31.4 Å². The van der Waals surface area contributed by atoms with Crippen LogP contribution in [-0.2, 0) is 6.42 Å². The SMILES string of the molecule is Cc1cc(NCCc2ccccc2)nc(N2CCC(C)CC2)n1. The Balaban J connectivity index is 1.61. The molecule has 0 atom stereocenters. The first-order valence-corrected chi connectivity index (χ1v) is 8.59. The van der Waals surface area contributed by atoms with Gasteiger partial charge in [-0.2, -0.15) is 4.98 Å². The number of aryl methyl sites for hydroxylation is 1. The molecule has 1 aliphatic heterocycles. The quantitative estimate of drug-likeness (QED) is 0.915. The third-order valence-corrected chi connectivity index (χ3v) is 4.47. The zero-order valence-corrected chi connectivity index (χ0v) is 14.1. The lowest BCUT2D eigenvalue weighted by molar-refractivity contribution is 0.434. The molecule has 122 valence electrons. The van der Waals surface area contributed by atoms with Crippen LogP contribution in [0.4, 0.5) is 11.8 Å². The van der Waals surface area contributed by atoms with Gasteiger partial charge in [0.1, 0.15) is 5.82 Å². The Morgan fingerprint density at radius 2 is 1.87 bits per heavy atom. The van der Waals surface area contributed by atoms with E-state index in [-0.39, 0.29) is 0 Å². The highest BCUT2D eigenvalue weighted by Crippen LogP contribution is 2.21. The van der Waals surface area contributed by atoms with E-state index in [4.69, 9.17) is 4.98 Å². The first-order valence-electron chi connectivity index (χ1n) is 8.59. The molecule has 0 radical (unpaired) electrons. The van der Waals surface area contributed by atoms with Gasteiger partial charge in [-0.05, 0) is 37.7 Å². The van der Waals surface area contributed by atoms with Crippen molar-refractivity contribution in [3.8, 4) is 0 Å². The van der Waals surface area contributed by atoms with Gasteiger partial charge < -0.3 is 10.2 Å². The first kappa shape index (κ1) is 15.8. The Kier molecular flexibility index (Phi) is 5.11. The molecule has 0 amide bonds. The molecule has 0 spiro atoms. The van der Waals surface area contributed by atoms with E-state index in [1.54, 1.807) is 0 Å². The monoisotopic (exact) mass is 310 g/mol. The topological polar surface area (TPSA) is 41.1 Å². The maximum Gasteiger partial charge on any atom is 0.227 e. The fourth-order valence-corrected chi connectivity index (χ4v) is 2.97. The zero-order valence-electron chi connectivity index (χ0n) is 14.1. The lowest BCUT2D eigenvalue weighted by atomic mass is 10.00. The van der Waals surface area contributed by atoms with Crippen molar-refractivity contribution >= 4 is 11.8 Å². The summed E-state index contributed by atoms with van der Waals surface area (Å²) in [4.78, 5) is 11.7. The second-order valence-corrected chi connectivity index (χ2v) is 6.53. The van der Waals surface area contributed by atoms with Crippen molar-refractivity contribution in [1.82, 2.24) is 9.97 Å². The summed E-state index contributed by atoms with van der Waals surface area (Å²) in [6.45, 7) is 7.38. The average molecular weight is 310 g/mol. The highest BCUT2D eigenvalue weighted by atomic mass is 15.3. The molecule has 0 unspecified atom stereocenters. The van der Waals surface area contributed by atoms with Crippen molar-refractivity contribution in [2.75, 3.05) is 29.9 Å². The molecule has 2 aromatic rings. The number of rotatable bonds is 5. The molecule has 2 heterocycles. The van der Waals surface area contributed by atoms with Gasteiger partial charge in [-0.1, -0.05) is 37.3 Å². The molecule has 4 heteroatoms. The van der Waals surface area contributed by atoms with Crippen molar-refractivity contribution < 1.29 is 0 Å². The summed E-state index contributed by atoms with van der Waals surface area (Å²) >= 11 is 0. The van der Waals surface area contributed by atoms with Crippen LogP contribution >= 0.6 is 0 Å². The van der Waals surface area contributed by atoms with Crippen LogP contribution in [0.5, 0.6) is 0 Å². The van der Waals surface area contributed by atoms with Gasteiger partial charge in [-0.15, -0.1) is 0 Å². The number of aromatic nitrogens is 2. The van der Waals surface area contributed by atoms with Crippen molar-refractivity contribution in [3.05, 3.63) is 47.7 Å². The summed E-state index contributed by atoms with van der Waals surface area (Å²) in [5, 5.41) is 3.44. The van der Waals surface area contributed by atoms with Gasteiger partial charge in [0.25, 0.3) is 0 Å². The average Bonchev–Trinajstić information content (AvgIpc) is 2.56. The molecule has 1 fully saturated rings.